The van der Waals surface area contributed by atoms with Gasteiger partial charge in [-0.25, -0.2) is 0 Å². The van der Waals surface area contributed by atoms with E-state index in [9.17, 15) is 4.79 Å². The molecule has 0 bridgehead atoms. The van der Waals surface area contributed by atoms with Crippen molar-refractivity contribution in [3.8, 4) is 11.5 Å². The van der Waals surface area contributed by atoms with Crippen LogP contribution in [0.4, 0.5) is 5.69 Å². The number of nitrogens with one attached hydrogen (secondary N) is 2. The number of hydrogen-bond acceptors (Lipinski definition) is 4. The van der Waals surface area contributed by atoms with E-state index in [2.05, 4.69) is 10.6 Å². The van der Waals surface area contributed by atoms with Crippen molar-refractivity contribution in [2.45, 2.75) is 19.9 Å². The van der Waals surface area contributed by atoms with Gasteiger partial charge < -0.3 is 20.1 Å². The van der Waals surface area contributed by atoms with E-state index in [4.69, 9.17) is 21.1 Å². The second-order valence-electron chi connectivity index (χ2n) is 5.62. The Morgan fingerprint density at radius 1 is 1.17 bits per heavy atom. The molecule has 0 aromatic heterocycles. The molecule has 1 amide bonds. The average molecular weight is 347 g/mol. The van der Waals surface area contributed by atoms with Crippen molar-refractivity contribution in [3.05, 3.63) is 52.5 Å². The lowest BCUT2D eigenvalue weighted by Crippen LogP contribution is -2.21. The molecule has 0 unspecified atom stereocenters. The van der Waals surface area contributed by atoms with Crippen LogP contribution in [-0.4, -0.2) is 19.2 Å². The number of aryl methyl sites for hydroxylation is 1. The lowest BCUT2D eigenvalue weighted by molar-refractivity contribution is -0.116. The van der Waals surface area contributed by atoms with E-state index in [1.165, 1.54) is 0 Å². The van der Waals surface area contributed by atoms with Crippen LogP contribution in [0.5, 0.6) is 11.5 Å². The van der Waals surface area contributed by atoms with Gasteiger partial charge in [-0.2, -0.15) is 0 Å². The minimum Gasteiger partial charge on any atom is -0.454 e. The van der Waals surface area contributed by atoms with Gasteiger partial charge in [-0.05, 0) is 48.4 Å². The normalized spacial score (nSPS) is 12.2. The highest BCUT2D eigenvalue weighted by atomic mass is 35.5. The molecular weight excluding hydrogens is 328 g/mol. The number of amides is 1. The molecule has 0 spiro atoms. The molecule has 24 heavy (non-hydrogen) atoms. The highest BCUT2D eigenvalue weighted by Crippen LogP contribution is 2.32. The molecule has 2 aromatic rings. The van der Waals surface area contributed by atoms with Gasteiger partial charge >= 0.3 is 0 Å². The number of ether oxygens (including phenoxy) is 2. The summed E-state index contributed by atoms with van der Waals surface area (Å²) in [6, 6.07) is 11.2. The van der Waals surface area contributed by atoms with Gasteiger partial charge in [-0.15, -0.1) is 0 Å². The van der Waals surface area contributed by atoms with E-state index in [0.29, 0.717) is 24.5 Å². The summed E-state index contributed by atoms with van der Waals surface area (Å²) in [6.45, 7) is 3.45. The van der Waals surface area contributed by atoms with Crippen LogP contribution in [0.2, 0.25) is 5.02 Å². The van der Waals surface area contributed by atoms with Crippen LogP contribution in [0.15, 0.2) is 36.4 Å². The monoisotopic (exact) mass is 346 g/mol. The summed E-state index contributed by atoms with van der Waals surface area (Å²) in [5.41, 5.74) is 2.83. The molecule has 0 atom stereocenters. The van der Waals surface area contributed by atoms with Gasteiger partial charge in [0.15, 0.2) is 11.5 Å². The molecule has 0 radical (unpaired) electrons. The quantitative estimate of drug-likeness (QED) is 0.786. The first-order chi connectivity index (χ1) is 11.6. The van der Waals surface area contributed by atoms with E-state index in [1.54, 1.807) is 6.07 Å². The number of hydrogen-bond donors (Lipinski definition) is 2. The predicted molar refractivity (Wildman–Crippen MR) is 93.7 cm³/mol. The maximum Gasteiger partial charge on any atom is 0.231 e. The predicted octanol–water partition coefficient (Wildman–Crippen LogP) is 3.50. The van der Waals surface area contributed by atoms with E-state index in [1.807, 2.05) is 37.3 Å². The number of carbonyl (C=O) groups is 1. The highest BCUT2D eigenvalue weighted by Gasteiger charge is 2.13. The summed E-state index contributed by atoms with van der Waals surface area (Å²) in [5.74, 6) is 1.51. The average Bonchev–Trinajstić information content (AvgIpc) is 3.02. The number of halogens is 1. The molecule has 2 N–H and O–H groups in total. The first-order valence-electron chi connectivity index (χ1n) is 7.77. The van der Waals surface area contributed by atoms with Crippen molar-refractivity contribution in [1.29, 1.82) is 0 Å². The lowest BCUT2D eigenvalue weighted by Gasteiger charge is -2.09. The Morgan fingerprint density at radius 3 is 2.83 bits per heavy atom. The van der Waals surface area contributed by atoms with E-state index in [-0.39, 0.29) is 12.7 Å². The number of anilines is 1. The minimum atomic E-state index is -0.0291. The lowest BCUT2D eigenvalue weighted by atomic mass is 10.2. The Balaban J connectivity index is 1.42. The Bertz CT molecular complexity index is 749. The van der Waals surface area contributed by atoms with Crippen LogP contribution >= 0.6 is 11.6 Å². The van der Waals surface area contributed by atoms with Crippen molar-refractivity contribution in [2.24, 2.45) is 0 Å². The number of fused-ring (bicyclic) bond motifs is 1. The molecule has 5 nitrogen and oxygen atoms in total. The molecular formula is C18H19ClN2O3. The van der Waals surface area contributed by atoms with Crippen LogP contribution in [0.1, 0.15) is 17.5 Å². The zero-order valence-corrected chi connectivity index (χ0v) is 14.2. The van der Waals surface area contributed by atoms with Crippen molar-refractivity contribution >= 4 is 23.2 Å². The van der Waals surface area contributed by atoms with Gasteiger partial charge in [0.1, 0.15) is 0 Å². The highest BCUT2D eigenvalue weighted by molar-refractivity contribution is 6.30. The van der Waals surface area contributed by atoms with Gasteiger partial charge in [0.2, 0.25) is 12.7 Å². The molecule has 1 aliphatic heterocycles. The zero-order valence-electron chi connectivity index (χ0n) is 13.4. The van der Waals surface area contributed by atoms with E-state index < -0.39 is 0 Å². The molecule has 1 aliphatic rings. The van der Waals surface area contributed by atoms with Crippen LogP contribution in [0.3, 0.4) is 0 Å². The van der Waals surface area contributed by atoms with Gasteiger partial charge in [0.25, 0.3) is 0 Å². The first-order valence-corrected chi connectivity index (χ1v) is 8.15. The van der Waals surface area contributed by atoms with Gasteiger partial charge in [0, 0.05) is 30.2 Å². The fourth-order valence-corrected chi connectivity index (χ4v) is 2.69. The molecule has 0 saturated heterocycles. The summed E-state index contributed by atoms with van der Waals surface area (Å²) < 4.78 is 10.6. The Morgan fingerprint density at radius 2 is 2.00 bits per heavy atom. The maximum atomic E-state index is 12.0. The topological polar surface area (TPSA) is 59.6 Å². The molecule has 126 valence electrons. The second-order valence-corrected chi connectivity index (χ2v) is 6.06. The number of rotatable bonds is 6. The van der Waals surface area contributed by atoms with E-state index in [0.717, 1.165) is 28.3 Å². The fraction of sp³-hybridized carbons (Fsp3) is 0.278. The molecule has 2 aromatic carbocycles. The Labute approximate surface area is 145 Å². The summed E-state index contributed by atoms with van der Waals surface area (Å²) in [6.07, 6.45) is 0.395. The molecule has 6 heteroatoms. The summed E-state index contributed by atoms with van der Waals surface area (Å²) >= 11 is 5.91. The number of carbonyl (C=O) groups excluding carboxylic acids is 1. The molecule has 3 rings (SSSR count). The van der Waals surface area contributed by atoms with Crippen molar-refractivity contribution < 1.29 is 14.3 Å². The molecule has 1 heterocycles. The van der Waals surface area contributed by atoms with Crippen LogP contribution < -0.4 is 20.1 Å². The van der Waals surface area contributed by atoms with E-state index >= 15 is 0 Å². The molecule has 0 fully saturated rings. The van der Waals surface area contributed by atoms with Crippen LogP contribution in [-0.2, 0) is 11.3 Å². The second kappa shape index (κ2) is 7.55. The van der Waals surface area contributed by atoms with Gasteiger partial charge in [-0.3, -0.25) is 4.79 Å². The van der Waals surface area contributed by atoms with Crippen LogP contribution in [0, 0.1) is 6.92 Å². The largest absolute Gasteiger partial charge is 0.454 e. The third-order valence-electron chi connectivity index (χ3n) is 3.76. The molecule has 0 saturated carbocycles. The summed E-state index contributed by atoms with van der Waals surface area (Å²) in [5, 5.41) is 6.81. The third kappa shape index (κ3) is 4.19. The first kappa shape index (κ1) is 16.6. The summed E-state index contributed by atoms with van der Waals surface area (Å²) in [4.78, 5) is 12.0. The smallest absolute Gasteiger partial charge is 0.231 e. The molecule has 0 aliphatic carbocycles. The minimum absolute atomic E-state index is 0.0291. The van der Waals surface area contributed by atoms with Crippen LogP contribution in [0.25, 0.3) is 0 Å². The SMILES string of the molecule is Cc1cc(Cl)ccc1NC(=O)CCNCc1ccc2c(c1)OCO2. The third-order valence-corrected chi connectivity index (χ3v) is 3.99. The Kier molecular flexibility index (Phi) is 5.23. The van der Waals surface area contributed by atoms with Gasteiger partial charge in [0.05, 0.1) is 0 Å². The summed E-state index contributed by atoms with van der Waals surface area (Å²) in [7, 11) is 0. The number of benzene rings is 2. The standard InChI is InChI=1S/C18H19ClN2O3/c1-12-8-14(19)3-4-15(12)21-18(22)6-7-20-10-13-2-5-16-17(9-13)24-11-23-16/h2-5,8-9,20H,6-7,10-11H2,1H3,(H,21,22). The van der Waals surface area contributed by atoms with Crippen molar-refractivity contribution in [2.75, 3.05) is 18.7 Å². The maximum absolute atomic E-state index is 12.0. The van der Waals surface area contributed by atoms with Gasteiger partial charge in [-0.1, -0.05) is 17.7 Å². The fourth-order valence-electron chi connectivity index (χ4n) is 2.47. The van der Waals surface area contributed by atoms with Crippen molar-refractivity contribution in [3.63, 3.8) is 0 Å². The Hall–Kier alpha value is -2.24. The van der Waals surface area contributed by atoms with Crippen molar-refractivity contribution in [1.82, 2.24) is 5.32 Å². The zero-order chi connectivity index (χ0) is 16.9.